The molecule has 0 aliphatic rings. The molecule has 1 aromatic carbocycles. The van der Waals surface area contributed by atoms with E-state index in [1.165, 1.54) is 28.0 Å². The van der Waals surface area contributed by atoms with E-state index in [2.05, 4.69) is 15.1 Å². The third-order valence-corrected chi connectivity index (χ3v) is 4.44. The van der Waals surface area contributed by atoms with Crippen LogP contribution >= 0.6 is 11.3 Å². The number of fused-ring (bicyclic) bond motifs is 1. The van der Waals surface area contributed by atoms with Gasteiger partial charge in [0.25, 0.3) is 11.2 Å². The van der Waals surface area contributed by atoms with Crippen molar-refractivity contribution in [1.82, 2.24) is 19.6 Å². The number of hydrogen-bond donors (Lipinski definition) is 0. The molecule has 0 spiro atoms. The lowest BCUT2D eigenvalue weighted by Crippen LogP contribution is -2.23. The summed E-state index contributed by atoms with van der Waals surface area (Å²) < 4.78 is 1.64. The van der Waals surface area contributed by atoms with Gasteiger partial charge in [0.05, 0.1) is 9.46 Å². The van der Waals surface area contributed by atoms with Crippen LogP contribution in [0.5, 0.6) is 0 Å². The molecule has 3 aromatic heterocycles. The number of thiazole rings is 1. The van der Waals surface area contributed by atoms with E-state index in [-0.39, 0.29) is 11.2 Å². The van der Waals surface area contributed by atoms with E-state index in [9.17, 15) is 14.9 Å². The molecule has 0 aliphatic carbocycles. The Hall–Kier alpha value is -3.46. The molecule has 4 aromatic rings. The monoisotopic (exact) mass is 351 g/mol. The second-order valence-electron chi connectivity index (χ2n) is 5.14. The number of nitrogens with zero attached hydrogens (tertiary/aromatic N) is 5. The molecular weight excluding hydrogens is 342 g/mol. The molecule has 3 heterocycles. The van der Waals surface area contributed by atoms with Gasteiger partial charge in [-0.3, -0.25) is 19.9 Å². The van der Waals surface area contributed by atoms with Gasteiger partial charge in [-0.15, -0.1) is 5.10 Å². The van der Waals surface area contributed by atoms with Crippen molar-refractivity contribution in [2.45, 2.75) is 0 Å². The highest BCUT2D eigenvalue weighted by Crippen LogP contribution is 2.16. The third kappa shape index (κ3) is 2.76. The number of nitro groups is 1. The fraction of sp³-hybridized carbons (Fsp3) is 0. The van der Waals surface area contributed by atoms with E-state index in [0.717, 1.165) is 5.56 Å². The van der Waals surface area contributed by atoms with E-state index in [1.807, 2.05) is 6.07 Å². The van der Waals surface area contributed by atoms with Gasteiger partial charge in [0.1, 0.15) is 0 Å². The first-order valence-electron chi connectivity index (χ1n) is 7.18. The van der Waals surface area contributed by atoms with Crippen LogP contribution in [-0.2, 0) is 0 Å². The Morgan fingerprint density at radius 3 is 2.84 bits per heavy atom. The third-order valence-electron chi connectivity index (χ3n) is 3.48. The predicted molar refractivity (Wildman–Crippen MR) is 92.2 cm³/mol. The van der Waals surface area contributed by atoms with E-state index in [1.54, 1.807) is 36.7 Å². The van der Waals surface area contributed by atoms with Crippen LogP contribution in [0.1, 0.15) is 5.56 Å². The highest BCUT2D eigenvalue weighted by Gasteiger charge is 2.12. The molecule has 8 nitrogen and oxygen atoms in total. The molecule has 0 saturated carbocycles. The van der Waals surface area contributed by atoms with Crippen LogP contribution in [0, 0.1) is 10.1 Å². The van der Waals surface area contributed by atoms with Gasteiger partial charge in [0, 0.05) is 30.1 Å². The summed E-state index contributed by atoms with van der Waals surface area (Å²) in [4.78, 5) is 31.7. The molecule has 0 bridgehead atoms. The van der Waals surface area contributed by atoms with Crippen molar-refractivity contribution in [3.05, 3.63) is 79.4 Å². The van der Waals surface area contributed by atoms with Crippen LogP contribution in [0.25, 0.3) is 22.4 Å². The summed E-state index contributed by atoms with van der Waals surface area (Å²) in [5.41, 5.74) is 0.957. The zero-order valence-corrected chi connectivity index (χ0v) is 13.4. The van der Waals surface area contributed by atoms with Crippen LogP contribution in [-0.4, -0.2) is 24.5 Å². The summed E-state index contributed by atoms with van der Waals surface area (Å²) >= 11 is 1.18. The van der Waals surface area contributed by atoms with Crippen molar-refractivity contribution >= 4 is 28.1 Å². The molecule has 25 heavy (non-hydrogen) atoms. The number of benzene rings is 1. The summed E-state index contributed by atoms with van der Waals surface area (Å²) in [6.07, 6.45) is 4.87. The van der Waals surface area contributed by atoms with Gasteiger partial charge >= 0.3 is 0 Å². The molecule has 0 amide bonds. The minimum absolute atomic E-state index is 0.0282. The molecule has 0 unspecified atom stereocenters. The lowest BCUT2D eigenvalue weighted by Gasteiger charge is -1.93. The molecule has 0 aliphatic heterocycles. The van der Waals surface area contributed by atoms with Crippen molar-refractivity contribution in [3.8, 4) is 11.4 Å². The first kappa shape index (κ1) is 15.1. The van der Waals surface area contributed by atoms with Gasteiger partial charge in [0.15, 0.2) is 5.82 Å². The van der Waals surface area contributed by atoms with Crippen molar-refractivity contribution in [2.75, 3.05) is 0 Å². The summed E-state index contributed by atoms with van der Waals surface area (Å²) in [7, 11) is 0. The van der Waals surface area contributed by atoms with Crippen LogP contribution < -0.4 is 10.1 Å². The van der Waals surface area contributed by atoms with Crippen molar-refractivity contribution in [2.24, 2.45) is 0 Å². The number of aromatic nitrogens is 4. The van der Waals surface area contributed by atoms with Crippen LogP contribution in [0.4, 0.5) is 5.69 Å². The quantitative estimate of drug-likeness (QED) is 0.411. The normalized spacial score (nSPS) is 11.9. The minimum Gasteiger partial charge on any atom is -0.266 e. The maximum absolute atomic E-state index is 12.5. The Labute approximate surface area is 143 Å². The Bertz CT molecular complexity index is 1200. The van der Waals surface area contributed by atoms with Crippen LogP contribution in [0.3, 0.4) is 0 Å². The Balaban J connectivity index is 1.81. The largest absolute Gasteiger partial charge is 0.291 e. The SMILES string of the molecule is O=c1c(=Cc2cccc([N+](=O)[O-])c2)sc2nc(-c3cccnc3)nn12. The fourth-order valence-electron chi connectivity index (χ4n) is 2.33. The van der Waals surface area contributed by atoms with Crippen molar-refractivity contribution in [1.29, 1.82) is 0 Å². The van der Waals surface area contributed by atoms with E-state index >= 15 is 0 Å². The molecule has 0 saturated heterocycles. The number of hydrogen-bond acceptors (Lipinski definition) is 7. The average Bonchev–Trinajstić information content (AvgIpc) is 3.16. The predicted octanol–water partition coefficient (Wildman–Crippen LogP) is 1.67. The summed E-state index contributed by atoms with van der Waals surface area (Å²) in [5.74, 6) is 0.429. The molecule has 0 atom stereocenters. The number of non-ortho nitro benzene ring substituents is 1. The fourth-order valence-corrected chi connectivity index (χ4v) is 3.24. The molecule has 0 radical (unpaired) electrons. The first-order chi connectivity index (χ1) is 12.1. The lowest BCUT2D eigenvalue weighted by molar-refractivity contribution is -0.384. The van der Waals surface area contributed by atoms with Gasteiger partial charge < -0.3 is 0 Å². The van der Waals surface area contributed by atoms with Crippen LogP contribution in [0.2, 0.25) is 0 Å². The van der Waals surface area contributed by atoms with E-state index in [4.69, 9.17) is 0 Å². The average molecular weight is 351 g/mol. The maximum Gasteiger partial charge on any atom is 0.291 e. The second kappa shape index (κ2) is 5.87. The molecule has 0 N–H and O–H groups in total. The van der Waals surface area contributed by atoms with Crippen molar-refractivity contribution in [3.63, 3.8) is 0 Å². The Kier molecular flexibility index (Phi) is 3.55. The summed E-state index contributed by atoms with van der Waals surface area (Å²) in [5, 5.41) is 15.1. The van der Waals surface area contributed by atoms with Crippen molar-refractivity contribution < 1.29 is 4.92 Å². The van der Waals surface area contributed by atoms with Crippen LogP contribution in [0.15, 0.2) is 53.6 Å². The van der Waals surface area contributed by atoms with E-state index < -0.39 is 4.92 Å². The topological polar surface area (TPSA) is 103 Å². The Morgan fingerprint density at radius 1 is 1.24 bits per heavy atom. The number of rotatable bonds is 3. The zero-order valence-electron chi connectivity index (χ0n) is 12.6. The molecule has 0 fully saturated rings. The molecule has 4 rings (SSSR count). The number of nitro benzene ring substituents is 1. The lowest BCUT2D eigenvalue weighted by atomic mass is 10.2. The minimum atomic E-state index is -0.474. The molecular formula is C16H9N5O3S. The van der Waals surface area contributed by atoms with Gasteiger partial charge in [-0.1, -0.05) is 23.5 Å². The summed E-state index contributed by atoms with van der Waals surface area (Å²) in [6, 6.07) is 9.67. The molecule has 122 valence electrons. The number of pyridine rings is 1. The first-order valence-corrected chi connectivity index (χ1v) is 7.99. The smallest absolute Gasteiger partial charge is 0.266 e. The standard InChI is InChI=1S/C16H9N5O3S/c22-15-13(8-10-3-1-5-12(7-10)21(23)24)25-16-18-14(19-20(15)16)11-4-2-6-17-9-11/h1-9H. The van der Waals surface area contributed by atoms with E-state index in [0.29, 0.717) is 20.9 Å². The highest BCUT2D eigenvalue weighted by molar-refractivity contribution is 7.15. The van der Waals surface area contributed by atoms with Gasteiger partial charge in [-0.2, -0.15) is 9.50 Å². The highest BCUT2D eigenvalue weighted by atomic mass is 32.1. The van der Waals surface area contributed by atoms with Gasteiger partial charge in [0.2, 0.25) is 4.96 Å². The Morgan fingerprint density at radius 2 is 2.12 bits per heavy atom. The van der Waals surface area contributed by atoms with Gasteiger partial charge in [-0.25, -0.2) is 0 Å². The maximum atomic E-state index is 12.5. The summed E-state index contributed by atoms with van der Waals surface area (Å²) in [6.45, 7) is 0. The molecule has 9 heteroatoms. The zero-order chi connectivity index (χ0) is 17.4. The second-order valence-corrected chi connectivity index (χ2v) is 6.15. The van der Waals surface area contributed by atoms with Gasteiger partial charge in [-0.05, 0) is 23.8 Å².